The summed E-state index contributed by atoms with van der Waals surface area (Å²) in [6.45, 7) is 1.88. The van der Waals surface area contributed by atoms with Gasteiger partial charge in [0.05, 0.1) is 6.26 Å². The summed E-state index contributed by atoms with van der Waals surface area (Å²) in [4.78, 5) is 19.1. The predicted molar refractivity (Wildman–Crippen MR) is 62.0 cm³/mol. The van der Waals surface area contributed by atoms with Gasteiger partial charge in [-0.3, -0.25) is 0 Å². The number of carboxylic acid groups (broad SMARTS) is 1. The highest BCUT2D eigenvalue weighted by molar-refractivity contribution is 7.98. The summed E-state index contributed by atoms with van der Waals surface area (Å²) in [5, 5.41) is 9.49. The Bertz CT molecular complexity index is 539. The van der Waals surface area contributed by atoms with Gasteiger partial charge in [-0.15, -0.1) is 0 Å². The molecule has 0 bridgehead atoms. The molecule has 0 unspecified atom stereocenters. The molecule has 6 heteroatoms. The number of hydrogen-bond acceptors (Lipinski definition) is 5. The van der Waals surface area contributed by atoms with Crippen LogP contribution in [0.3, 0.4) is 0 Å². The van der Waals surface area contributed by atoms with Gasteiger partial charge in [0.15, 0.2) is 5.16 Å². The van der Waals surface area contributed by atoms with Gasteiger partial charge in [0.25, 0.3) is 0 Å². The summed E-state index contributed by atoms with van der Waals surface area (Å²) >= 11 is 1.38. The van der Waals surface area contributed by atoms with Gasteiger partial charge in [0.2, 0.25) is 5.76 Å². The lowest BCUT2D eigenvalue weighted by molar-refractivity contribution is 0.0661. The van der Waals surface area contributed by atoms with Crippen LogP contribution in [-0.4, -0.2) is 21.0 Å². The molecule has 88 valence electrons. The van der Waals surface area contributed by atoms with E-state index in [1.807, 2.05) is 13.0 Å². The molecule has 0 aliphatic carbocycles. The van der Waals surface area contributed by atoms with Gasteiger partial charge in [0, 0.05) is 23.2 Å². The fourth-order valence-corrected chi connectivity index (χ4v) is 2.13. The van der Waals surface area contributed by atoms with Crippen molar-refractivity contribution in [3.63, 3.8) is 0 Å². The summed E-state index contributed by atoms with van der Waals surface area (Å²) in [5.41, 5.74) is 1.51. The van der Waals surface area contributed by atoms with E-state index in [2.05, 4.69) is 9.97 Å². The minimum absolute atomic E-state index is 0.0230. The second kappa shape index (κ2) is 5.01. The Kier molecular flexibility index (Phi) is 3.43. The van der Waals surface area contributed by atoms with Crippen molar-refractivity contribution < 1.29 is 14.3 Å². The van der Waals surface area contributed by atoms with Crippen molar-refractivity contribution in [1.82, 2.24) is 9.97 Å². The van der Waals surface area contributed by atoms with Crippen LogP contribution in [0.15, 0.2) is 34.2 Å². The SMILES string of the molecule is Cc1ccnc(SCc2ccoc2C(=O)O)n1. The topological polar surface area (TPSA) is 76.2 Å². The Morgan fingerprint density at radius 1 is 1.53 bits per heavy atom. The summed E-state index contributed by atoms with van der Waals surface area (Å²) in [6, 6.07) is 3.46. The van der Waals surface area contributed by atoms with Crippen LogP contribution in [0, 0.1) is 6.92 Å². The molecule has 0 fully saturated rings. The fraction of sp³-hybridized carbons (Fsp3) is 0.182. The third kappa shape index (κ3) is 2.85. The first kappa shape index (κ1) is 11.7. The third-order valence-electron chi connectivity index (χ3n) is 2.07. The summed E-state index contributed by atoms with van der Waals surface area (Å²) in [6.07, 6.45) is 3.05. The Morgan fingerprint density at radius 2 is 2.35 bits per heavy atom. The highest BCUT2D eigenvalue weighted by atomic mass is 32.2. The molecule has 5 nitrogen and oxygen atoms in total. The zero-order chi connectivity index (χ0) is 12.3. The van der Waals surface area contributed by atoms with E-state index >= 15 is 0 Å². The number of nitrogens with zero attached hydrogens (tertiary/aromatic N) is 2. The maximum atomic E-state index is 10.8. The Morgan fingerprint density at radius 3 is 3.06 bits per heavy atom. The Balaban J connectivity index is 2.07. The third-order valence-corrected chi connectivity index (χ3v) is 2.98. The molecule has 0 aliphatic heterocycles. The first-order valence-electron chi connectivity index (χ1n) is 4.89. The molecule has 2 aromatic rings. The number of furan rings is 1. The number of aromatic carboxylic acids is 1. The standard InChI is InChI=1S/C11H10N2O3S/c1-7-2-4-12-11(13-7)17-6-8-3-5-16-9(8)10(14)15/h2-5H,6H2,1H3,(H,14,15). The normalized spacial score (nSPS) is 10.4. The first-order valence-corrected chi connectivity index (χ1v) is 5.87. The number of rotatable bonds is 4. The molecule has 2 heterocycles. The number of hydrogen-bond donors (Lipinski definition) is 1. The second-order valence-electron chi connectivity index (χ2n) is 3.35. The molecule has 2 rings (SSSR count). The van der Waals surface area contributed by atoms with Crippen LogP contribution < -0.4 is 0 Å². The molecule has 0 amide bonds. The van der Waals surface area contributed by atoms with Crippen molar-refractivity contribution in [3.05, 3.63) is 41.6 Å². The largest absolute Gasteiger partial charge is 0.475 e. The zero-order valence-electron chi connectivity index (χ0n) is 9.08. The van der Waals surface area contributed by atoms with Gasteiger partial charge >= 0.3 is 5.97 Å². The van der Waals surface area contributed by atoms with Crippen LogP contribution >= 0.6 is 11.8 Å². The van der Waals surface area contributed by atoms with Gasteiger partial charge in [-0.05, 0) is 19.1 Å². The average molecular weight is 250 g/mol. The van der Waals surface area contributed by atoms with Crippen LogP contribution in [0.5, 0.6) is 0 Å². The van der Waals surface area contributed by atoms with Crippen LogP contribution in [0.25, 0.3) is 0 Å². The number of aromatic nitrogens is 2. The molecule has 0 radical (unpaired) electrons. The van der Waals surface area contributed by atoms with E-state index in [-0.39, 0.29) is 5.76 Å². The second-order valence-corrected chi connectivity index (χ2v) is 4.29. The maximum absolute atomic E-state index is 10.8. The molecule has 17 heavy (non-hydrogen) atoms. The first-order chi connectivity index (χ1) is 8.16. The smallest absolute Gasteiger partial charge is 0.372 e. The van der Waals surface area contributed by atoms with E-state index in [4.69, 9.17) is 9.52 Å². The van der Waals surface area contributed by atoms with E-state index in [1.54, 1.807) is 12.3 Å². The summed E-state index contributed by atoms with van der Waals surface area (Å²) < 4.78 is 4.88. The van der Waals surface area contributed by atoms with Crippen LogP contribution in [-0.2, 0) is 5.75 Å². The minimum atomic E-state index is -1.06. The lowest BCUT2D eigenvalue weighted by Gasteiger charge is -1.99. The quantitative estimate of drug-likeness (QED) is 0.663. The molecular weight excluding hydrogens is 240 g/mol. The molecule has 0 saturated heterocycles. The number of carboxylic acids is 1. The highest BCUT2D eigenvalue weighted by Crippen LogP contribution is 2.22. The fourth-order valence-electron chi connectivity index (χ4n) is 1.27. The van der Waals surface area contributed by atoms with Gasteiger partial charge in [-0.2, -0.15) is 0 Å². The van der Waals surface area contributed by atoms with Crippen LogP contribution in [0.4, 0.5) is 0 Å². The van der Waals surface area contributed by atoms with Gasteiger partial charge in [0.1, 0.15) is 0 Å². The molecule has 0 spiro atoms. The number of aryl methyl sites for hydroxylation is 1. The van der Waals surface area contributed by atoms with Gasteiger partial charge < -0.3 is 9.52 Å². The molecule has 1 N–H and O–H groups in total. The van der Waals surface area contributed by atoms with E-state index in [0.29, 0.717) is 16.5 Å². The van der Waals surface area contributed by atoms with Crippen molar-refractivity contribution in [3.8, 4) is 0 Å². The summed E-state index contributed by atoms with van der Waals surface area (Å²) in [5.74, 6) is -0.609. The van der Waals surface area contributed by atoms with Crippen molar-refractivity contribution in [2.75, 3.05) is 0 Å². The Labute approximate surface area is 102 Å². The van der Waals surface area contributed by atoms with Gasteiger partial charge in [-0.25, -0.2) is 14.8 Å². The zero-order valence-corrected chi connectivity index (χ0v) is 9.90. The average Bonchev–Trinajstić information content (AvgIpc) is 2.74. The molecule has 0 aliphatic rings. The van der Waals surface area contributed by atoms with Crippen molar-refractivity contribution in [1.29, 1.82) is 0 Å². The predicted octanol–water partition coefficient (Wildman–Crippen LogP) is 2.37. The van der Waals surface area contributed by atoms with E-state index in [9.17, 15) is 4.79 Å². The number of carbonyl (C=O) groups is 1. The maximum Gasteiger partial charge on any atom is 0.372 e. The van der Waals surface area contributed by atoms with Crippen molar-refractivity contribution >= 4 is 17.7 Å². The van der Waals surface area contributed by atoms with Crippen molar-refractivity contribution in [2.24, 2.45) is 0 Å². The van der Waals surface area contributed by atoms with Crippen molar-refractivity contribution in [2.45, 2.75) is 17.8 Å². The lowest BCUT2D eigenvalue weighted by Crippen LogP contribution is -1.98. The summed E-state index contributed by atoms with van der Waals surface area (Å²) in [7, 11) is 0. The lowest BCUT2D eigenvalue weighted by atomic mass is 10.3. The van der Waals surface area contributed by atoms with E-state index in [0.717, 1.165) is 5.69 Å². The van der Waals surface area contributed by atoms with Crippen LogP contribution in [0.2, 0.25) is 0 Å². The molecule has 0 saturated carbocycles. The monoisotopic (exact) mass is 250 g/mol. The van der Waals surface area contributed by atoms with E-state index < -0.39 is 5.97 Å². The molecule has 0 aromatic carbocycles. The number of thioether (sulfide) groups is 1. The van der Waals surface area contributed by atoms with Crippen LogP contribution in [0.1, 0.15) is 21.8 Å². The van der Waals surface area contributed by atoms with Gasteiger partial charge in [-0.1, -0.05) is 11.8 Å². The minimum Gasteiger partial charge on any atom is -0.475 e. The Hall–Kier alpha value is -1.82. The molecule has 0 atom stereocenters. The molecule has 2 aromatic heterocycles. The van der Waals surface area contributed by atoms with E-state index in [1.165, 1.54) is 18.0 Å². The highest BCUT2D eigenvalue weighted by Gasteiger charge is 2.14. The molecular formula is C11H10N2O3S.